The van der Waals surface area contributed by atoms with E-state index in [0.29, 0.717) is 11.8 Å². The van der Waals surface area contributed by atoms with Gasteiger partial charge in [0.1, 0.15) is 6.10 Å². The van der Waals surface area contributed by atoms with E-state index in [0.717, 1.165) is 24.6 Å². The number of rotatable bonds is 4. The number of hydrogen-bond donors (Lipinski definition) is 1. The fraction of sp³-hybridized carbons (Fsp3) is 0.846. The van der Waals surface area contributed by atoms with Crippen molar-refractivity contribution < 1.29 is 9.63 Å². The monoisotopic (exact) mass is 238 g/mol. The molecule has 1 aromatic heterocycles. The van der Waals surface area contributed by atoms with Gasteiger partial charge in [0, 0.05) is 5.92 Å². The van der Waals surface area contributed by atoms with Crippen LogP contribution in [0, 0.1) is 5.92 Å². The Morgan fingerprint density at radius 2 is 2.06 bits per heavy atom. The van der Waals surface area contributed by atoms with Gasteiger partial charge < -0.3 is 9.63 Å². The standard InChI is InChI=1S/C13H22N2O2/c1-3-4-10-5-7-11(8-6-10)12-14-13(9(2)16)17-15-12/h9-11,16H,3-8H2,1-2H3. The topological polar surface area (TPSA) is 59.2 Å². The molecule has 1 N–H and O–H groups in total. The molecular weight excluding hydrogens is 216 g/mol. The van der Waals surface area contributed by atoms with Crippen molar-refractivity contribution in [2.45, 2.75) is 64.4 Å². The lowest BCUT2D eigenvalue weighted by molar-refractivity contribution is 0.151. The third kappa shape index (κ3) is 3.06. The molecular formula is C13H22N2O2. The second kappa shape index (κ2) is 5.63. The molecule has 1 aliphatic carbocycles. The van der Waals surface area contributed by atoms with Crippen molar-refractivity contribution in [3.63, 3.8) is 0 Å². The Balaban J connectivity index is 1.91. The highest BCUT2D eigenvalue weighted by Gasteiger charge is 2.25. The summed E-state index contributed by atoms with van der Waals surface area (Å²) in [6.07, 6.45) is 6.83. The summed E-state index contributed by atoms with van der Waals surface area (Å²) in [7, 11) is 0. The minimum absolute atomic E-state index is 0.343. The minimum atomic E-state index is -0.660. The van der Waals surface area contributed by atoms with Gasteiger partial charge in [0.25, 0.3) is 5.89 Å². The van der Waals surface area contributed by atoms with E-state index in [1.807, 2.05) is 0 Å². The van der Waals surface area contributed by atoms with Crippen LogP contribution in [-0.4, -0.2) is 15.2 Å². The molecule has 1 aromatic rings. The quantitative estimate of drug-likeness (QED) is 0.875. The van der Waals surface area contributed by atoms with Gasteiger partial charge >= 0.3 is 0 Å². The molecule has 1 unspecified atom stereocenters. The molecule has 1 atom stereocenters. The summed E-state index contributed by atoms with van der Waals surface area (Å²) < 4.78 is 5.04. The zero-order chi connectivity index (χ0) is 12.3. The molecule has 17 heavy (non-hydrogen) atoms. The second-order valence-corrected chi connectivity index (χ2v) is 5.17. The van der Waals surface area contributed by atoms with Gasteiger partial charge in [0.05, 0.1) is 0 Å². The molecule has 0 aromatic carbocycles. The van der Waals surface area contributed by atoms with Crippen LogP contribution in [0.4, 0.5) is 0 Å². The Morgan fingerprint density at radius 1 is 1.35 bits per heavy atom. The first kappa shape index (κ1) is 12.6. The molecule has 1 heterocycles. The average molecular weight is 238 g/mol. The molecule has 2 rings (SSSR count). The van der Waals surface area contributed by atoms with E-state index in [1.54, 1.807) is 6.92 Å². The van der Waals surface area contributed by atoms with Crippen molar-refractivity contribution in [1.82, 2.24) is 10.1 Å². The Morgan fingerprint density at radius 3 is 2.59 bits per heavy atom. The third-order valence-corrected chi connectivity index (χ3v) is 3.72. The number of aromatic nitrogens is 2. The summed E-state index contributed by atoms with van der Waals surface area (Å²) in [4.78, 5) is 4.28. The fourth-order valence-electron chi connectivity index (χ4n) is 2.70. The zero-order valence-electron chi connectivity index (χ0n) is 10.7. The average Bonchev–Trinajstić information content (AvgIpc) is 2.80. The van der Waals surface area contributed by atoms with Gasteiger partial charge in [-0.3, -0.25) is 0 Å². The van der Waals surface area contributed by atoms with Crippen LogP contribution in [0.5, 0.6) is 0 Å². The smallest absolute Gasteiger partial charge is 0.255 e. The second-order valence-electron chi connectivity index (χ2n) is 5.17. The van der Waals surface area contributed by atoms with Crippen molar-refractivity contribution in [1.29, 1.82) is 0 Å². The molecule has 0 radical (unpaired) electrons. The Hall–Kier alpha value is -0.900. The summed E-state index contributed by atoms with van der Waals surface area (Å²) >= 11 is 0. The minimum Gasteiger partial charge on any atom is -0.384 e. The first-order valence-corrected chi connectivity index (χ1v) is 6.72. The molecule has 1 fully saturated rings. The predicted octanol–water partition coefficient (Wildman–Crippen LogP) is 3.20. The molecule has 4 heteroatoms. The molecule has 0 saturated heterocycles. The summed E-state index contributed by atoms with van der Waals surface area (Å²) in [6, 6.07) is 0. The number of nitrogens with zero attached hydrogens (tertiary/aromatic N) is 2. The molecule has 1 saturated carbocycles. The number of aliphatic hydroxyl groups excluding tert-OH is 1. The lowest BCUT2D eigenvalue weighted by atomic mass is 9.80. The maximum atomic E-state index is 9.35. The van der Waals surface area contributed by atoms with Crippen molar-refractivity contribution in [3.8, 4) is 0 Å². The van der Waals surface area contributed by atoms with E-state index in [1.165, 1.54) is 25.7 Å². The highest BCUT2D eigenvalue weighted by molar-refractivity contribution is 4.98. The normalized spacial score (nSPS) is 27.0. The van der Waals surface area contributed by atoms with Gasteiger partial charge in [-0.15, -0.1) is 0 Å². The van der Waals surface area contributed by atoms with Crippen molar-refractivity contribution in [2.24, 2.45) is 5.92 Å². The summed E-state index contributed by atoms with van der Waals surface area (Å²) in [6.45, 7) is 3.90. The molecule has 0 spiro atoms. The fourth-order valence-corrected chi connectivity index (χ4v) is 2.70. The van der Waals surface area contributed by atoms with Crippen LogP contribution in [0.1, 0.15) is 76.1 Å². The molecule has 0 bridgehead atoms. The van der Waals surface area contributed by atoms with Gasteiger partial charge in [-0.1, -0.05) is 24.9 Å². The highest BCUT2D eigenvalue weighted by atomic mass is 16.5. The molecule has 96 valence electrons. The Bertz CT molecular complexity index is 341. The van der Waals surface area contributed by atoms with Crippen LogP contribution < -0.4 is 0 Å². The maximum Gasteiger partial charge on any atom is 0.255 e. The first-order valence-electron chi connectivity index (χ1n) is 6.72. The number of hydrogen-bond acceptors (Lipinski definition) is 4. The van der Waals surface area contributed by atoms with Crippen LogP contribution in [0.15, 0.2) is 4.52 Å². The highest BCUT2D eigenvalue weighted by Crippen LogP contribution is 2.36. The lowest BCUT2D eigenvalue weighted by Gasteiger charge is -2.26. The van der Waals surface area contributed by atoms with Gasteiger partial charge in [-0.25, -0.2) is 0 Å². The lowest BCUT2D eigenvalue weighted by Crippen LogP contribution is -2.14. The number of aliphatic hydroxyl groups is 1. The van der Waals surface area contributed by atoms with Gasteiger partial charge in [0.15, 0.2) is 5.82 Å². The van der Waals surface area contributed by atoms with E-state index in [2.05, 4.69) is 17.1 Å². The molecule has 4 nitrogen and oxygen atoms in total. The van der Waals surface area contributed by atoms with Gasteiger partial charge in [0.2, 0.25) is 0 Å². The SMILES string of the molecule is CCCC1CCC(c2noc(C(C)O)n2)CC1. The van der Waals surface area contributed by atoms with Crippen LogP contribution in [0.25, 0.3) is 0 Å². The van der Waals surface area contributed by atoms with Crippen molar-refractivity contribution in [2.75, 3.05) is 0 Å². The third-order valence-electron chi connectivity index (χ3n) is 3.72. The van der Waals surface area contributed by atoms with Crippen LogP contribution in [0.3, 0.4) is 0 Å². The summed E-state index contributed by atoms with van der Waals surface area (Å²) in [5.41, 5.74) is 0. The predicted molar refractivity (Wildman–Crippen MR) is 64.5 cm³/mol. The Kier molecular flexibility index (Phi) is 4.15. The van der Waals surface area contributed by atoms with E-state index >= 15 is 0 Å². The van der Waals surface area contributed by atoms with Gasteiger partial charge in [-0.05, 0) is 38.5 Å². The van der Waals surface area contributed by atoms with Crippen LogP contribution in [0.2, 0.25) is 0 Å². The van der Waals surface area contributed by atoms with Crippen LogP contribution >= 0.6 is 0 Å². The summed E-state index contributed by atoms with van der Waals surface area (Å²) in [5.74, 6) is 2.45. The van der Waals surface area contributed by atoms with Crippen molar-refractivity contribution >= 4 is 0 Å². The van der Waals surface area contributed by atoms with E-state index in [-0.39, 0.29) is 0 Å². The van der Waals surface area contributed by atoms with E-state index < -0.39 is 6.10 Å². The zero-order valence-corrected chi connectivity index (χ0v) is 10.7. The van der Waals surface area contributed by atoms with E-state index in [9.17, 15) is 5.11 Å². The molecule has 0 aliphatic heterocycles. The van der Waals surface area contributed by atoms with Crippen molar-refractivity contribution in [3.05, 3.63) is 11.7 Å². The largest absolute Gasteiger partial charge is 0.384 e. The molecule has 0 amide bonds. The summed E-state index contributed by atoms with van der Waals surface area (Å²) in [5, 5.41) is 13.3. The van der Waals surface area contributed by atoms with E-state index in [4.69, 9.17) is 4.52 Å². The van der Waals surface area contributed by atoms with Crippen LogP contribution in [-0.2, 0) is 0 Å². The maximum absolute atomic E-state index is 9.35. The Labute approximate surface area is 102 Å². The first-order chi connectivity index (χ1) is 8.20. The molecule has 1 aliphatic rings. The van der Waals surface area contributed by atoms with Gasteiger partial charge in [-0.2, -0.15) is 4.98 Å².